The molecule has 8 aromatic carbocycles. The lowest BCUT2D eigenvalue weighted by molar-refractivity contribution is -0.134. The van der Waals surface area contributed by atoms with Crippen molar-refractivity contribution in [1.29, 1.82) is 0 Å². The van der Waals surface area contributed by atoms with Gasteiger partial charge in [-0.15, -0.1) is 0 Å². The number of ether oxygens (including phenoxy) is 4. The molecule has 1 atom stereocenters. The molecule has 78 heavy (non-hydrogen) atoms. The lowest BCUT2D eigenvalue weighted by Crippen LogP contribution is -2.58. The summed E-state index contributed by atoms with van der Waals surface area (Å²) in [6.07, 6.45) is 2.89. The smallest absolute Gasteiger partial charge is 0.252 e. The number of carbonyl (C=O) groups excluding carboxylic acids is 1. The molecule has 0 fully saturated rings. The van der Waals surface area contributed by atoms with Crippen LogP contribution in [0.15, 0.2) is 218 Å². The first-order valence-electron chi connectivity index (χ1n) is 27.2. The van der Waals surface area contributed by atoms with Crippen LogP contribution in [0.2, 0.25) is 13.1 Å². The van der Waals surface area contributed by atoms with Crippen molar-refractivity contribution in [3.05, 3.63) is 241 Å². The minimum absolute atomic E-state index is 0.0393. The van der Waals surface area contributed by atoms with Gasteiger partial charge in [-0.3, -0.25) is 4.79 Å². The molecule has 8 rings (SSSR count). The normalized spacial score (nSPS) is 12.2. The molecule has 1 unspecified atom stereocenters. The van der Waals surface area contributed by atoms with Gasteiger partial charge in [0, 0.05) is 13.2 Å². The number of hydrogen-bond acceptors (Lipinski definition) is 8. The maximum Gasteiger partial charge on any atom is 0.252 e. The summed E-state index contributed by atoms with van der Waals surface area (Å²) in [7, 11) is -4.55. The number of aryl methyl sites for hydroxylation is 4. The molecular formula is C68H78O8Si2. The van der Waals surface area contributed by atoms with Crippen molar-refractivity contribution >= 4 is 43.2 Å². The van der Waals surface area contributed by atoms with E-state index in [1.54, 1.807) is 13.8 Å². The molecule has 0 aromatic heterocycles. The number of carbonyl (C=O) groups is 1. The molecular weight excluding hydrogens is 1000 g/mol. The van der Waals surface area contributed by atoms with Crippen molar-refractivity contribution in [2.45, 2.75) is 97.6 Å². The minimum Gasteiger partial charge on any atom is -0.491 e. The van der Waals surface area contributed by atoms with Crippen molar-refractivity contribution in [1.82, 2.24) is 0 Å². The van der Waals surface area contributed by atoms with Crippen LogP contribution in [0.25, 0.3) is 0 Å². The maximum absolute atomic E-state index is 12.8. The van der Waals surface area contributed by atoms with Gasteiger partial charge in [0.05, 0.1) is 0 Å². The number of aliphatic hydroxyl groups excluding tert-OH is 1. The molecule has 0 radical (unpaired) electrons. The topological polar surface area (TPSA) is 92.7 Å². The highest BCUT2D eigenvalue weighted by molar-refractivity contribution is 6.97. The SMILES string of the molecule is Cc1ccc(OCC(=O)C(C)(C)Oc2ccc(CCCO[Si](C)(c3ccccc3)c3ccccc3)cc2)cc1.Cc1ccc(OCC(O)C(C)(C)Oc2ccc(CCCO[Si](C)(c3ccccc3)c3ccccc3)cc2)cc1. The van der Waals surface area contributed by atoms with E-state index < -0.39 is 33.9 Å². The Bertz CT molecular complexity index is 2930. The van der Waals surface area contributed by atoms with Gasteiger partial charge in [0.1, 0.15) is 41.3 Å². The third-order valence-corrected chi connectivity index (χ3v) is 21.5. The Labute approximate surface area is 466 Å². The van der Waals surface area contributed by atoms with E-state index in [2.05, 4.69) is 147 Å². The Hall–Kier alpha value is -7.06. The van der Waals surface area contributed by atoms with Crippen molar-refractivity contribution in [2.75, 3.05) is 26.4 Å². The van der Waals surface area contributed by atoms with Crippen LogP contribution in [-0.2, 0) is 26.5 Å². The van der Waals surface area contributed by atoms with Crippen LogP contribution in [0.5, 0.6) is 23.0 Å². The van der Waals surface area contributed by atoms with Gasteiger partial charge in [0.15, 0.2) is 12.2 Å². The summed E-state index contributed by atoms with van der Waals surface area (Å²) in [4.78, 5) is 12.8. The van der Waals surface area contributed by atoms with Gasteiger partial charge in [0.2, 0.25) is 5.78 Å². The molecule has 1 N–H and O–H groups in total. The van der Waals surface area contributed by atoms with Gasteiger partial charge in [-0.1, -0.05) is 181 Å². The van der Waals surface area contributed by atoms with Gasteiger partial charge >= 0.3 is 0 Å². The molecule has 0 heterocycles. The van der Waals surface area contributed by atoms with Gasteiger partial charge < -0.3 is 32.9 Å². The van der Waals surface area contributed by atoms with Crippen molar-refractivity contribution < 1.29 is 37.7 Å². The fourth-order valence-electron chi connectivity index (χ4n) is 8.94. The van der Waals surface area contributed by atoms with E-state index in [0.29, 0.717) is 24.7 Å². The second-order valence-corrected chi connectivity index (χ2v) is 28.2. The molecule has 0 aliphatic rings. The predicted octanol–water partition coefficient (Wildman–Crippen LogP) is 12.1. The van der Waals surface area contributed by atoms with E-state index in [4.69, 9.17) is 27.8 Å². The van der Waals surface area contributed by atoms with Crippen molar-refractivity contribution in [3.63, 3.8) is 0 Å². The second kappa shape index (κ2) is 28.0. The van der Waals surface area contributed by atoms with Crippen LogP contribution in [0.3, 0.4) is 0 Å². The van der Waals surface area contributed by atoms with Crippen molar-refractivity contribution in [2.24, 2.45) is 0 Å². The van der Waals surface area contributed by atoms with Crippen LogP contribution in [0, 0.1) is 13.8 Å². The molecule has 0 amide bonds. The number of rotatable bonds is 26. The number of benzene rings is 8. The molecule has 10 heteroatoms. The first-order chi connectivity index (χ1) is 37.5. The Balaban J connectivity index is 0.000000226. The molecule has 0 spiro atoms. The quantitative estimate of drug-likeness (QED) is 0.0423. The van der Waals surface area contributed by atoms with E-state index in [-0.39, 0.29) is 19.0 Å². The minimum atomic E-state index is -2.28. The Morgan fingerprint density at radius 3 is 1.15 bits per heavy atom. The lowest BCUT2D eigenvalue weighted by Gasteiger charge is -2.31. The largest absolute Gasteiger partial charge is 0.491 e. The van der Waals surface area contributed by atoms with Gasteiger partial charge in [0.25, 0.3) is 16.6 Å². The van der Waals surface area contributed by atoms with Gasteiger partial charge in [-0.2, -0.15) is 0 Å². The molecule has 406 valence electrons. The second-order valence-electron chi connectivity index (χ2n) is 21.2. The van der Waals surface area contributed by atoms with Crippen LogP contribution in [0.4, 0.5) is 0 Å². The average molecular weight is 1080 g/mol. The Morgan fingerprint density at radius 2 is 0.782 bits per heavy atom. The van der Waals surface area contributed by atoms with Crippen LogP contribution in [0.1, 0.15) is 62.8 Å². The maximum atomic E-state index is 12.8. The molecule has 0 saturated heterocycles. The highest BCUT2D eigenvalue weighted by Crippen LogP contribution is 2.25. The highest BCUT2D eigenvalue weighted by Gasteiger charge is 2.36. The van der Waals surface area contributed by atoms with E-state index in [9.17, 15) is 9.90 Å². The third kappa shape index (κ3) is 17.0. The zero-order valence-electron chi connectivity index (χ0n) is 46.8. The monoisotopic (exact) mass is 1080 g/mol. The molecule has 0 aliphatic carbocycles. The fourth-order valence-corrected chi connectivity index (χ4v) is 14.7. The first-order valence-corrected chi connectivity index (χ1v) is 32.0. The summed E-state index contributed by atoms with van der Waals surface area (Å²) >= 11 is 0. The van der Waals surface area contributed by atoms with Crippen LogP contribution in [-0.4, -0.2) is 71.3 Å². The standard InChI is InChI=1S/C34H40O4Si.C34H38O4Si/c2*1-27-17-21-29(22-18-27)36-26-33(35)34(2,3)38-30-23-19-28(20-24-30)12-11-25-37-39(4,31-13-7-5-8-14-31)32-15-9-6-10-16-32/h5-10,13-24,33,35H,11-12,25-26H2,1-4H3;5-10,13-24H,11-12,25-26H2,1-4H3. The highest BCUT2D eigenvalue weighted by atomic mass is 28.4. The number of Topliss-reactive ketones (excluding diaryl/α,β-unsaturated/α-hetero) is 1. The molecule has 0 aliphatic heterocycles. The summed E-state index contributed by atoms with van der Waals surface area (Å²) in [5.41, 5.74) is 2.96. The van der Waals surface area contributed by atoms with Gasteiger partial charge in [-0.05, 0) is 161 Å². The Morgan fingerprint density at radius 1 is 0.449 bits per heavy atom. The third-order valence-electron chi connectivity index (χ3n) is 14.2. The van der Waals surface area contributed by atoms with E-state index in [1.165, 1.54) is 37.4 Å². The van der Waals surface area contributed by atoms with Crippen LogP contribution >= 0.6 is 0 Å². The lowest BCUT2D eigenvalue weighted by atomic mass is 10.0. The summed E-state index contributed by atoms with van der Waals surface area (Å²) in [5.74, 6) is 2.68. The molecule has 8 aromatic rings. The molecule has 0 saturated carbocycles. The van der Waals surface area contributed by atoms with Crippen molar-refractivity contribution in [3.8, 4) is 23.0 Å². The van der Waals surface area contributed by atoms with Gasteiger partial charge in [-0.25, -0.2) is 0 Å². The summed E-state index contributed by atoms with van der Waals surface area (Å²) in [5, 5.41) is 15.8. The first kappa shape index (κ1) is 58.6. The summed E-state index contributed by atoms with van der Waals surface area (Å²) in [6.45, 7) is 17.4. The molecule has 0 bridgehead atoms. The number of ketones is 1. The zero-order chi connectivity index (χ0) is 55.4. The van der Waals surface area contributed by atoms with E-state index in [1.807, 2.05) is 113 Å². The average Bonchev–Trinajstić information content (AvgIpc) is 3.49. The summed E-state index contributed by atoms with van der Waals surface area (Å²) < 4.78 is 37.0. The predicted molar refractivity (Wildman–Crippen MR) is 323 cm³/mol. The number of aliphatic hydroxyl groups is 1. The van der Waals surface area contributed by atoms with E-state index in [0.717, 1.165) is 42.7 Å². The molecule has 8 nitrogen and oxygen atoms in total. The summed E-state index contributed by atoms with van der Waals surface area (Å²) in [6, 6.07) is 73.9. The number of hydrogen-bond donors (Lipinski definition) is 1. The fraction of sp³-hybridized carbons (Fsp3) is 0.279. The Kier molecular flexibility index (Phi) is 21.1. The zero-order valence-corrected chi connectivity index (χ0v) is 48.8. The van der Waals surface area contributed by atoms with Crippen LogP contribution < -0.4 is 39.7 Å². The van der Waals surface area contributed by atoms with E-state index >= 15 is 0 Å².